The fourth-order valence-electron chi connectivity index (χ4n) is 3.73. The normalized spacial score (nSPS) is 30.8. The van der Waals surface area contributed by atoms with Crippen molar-refractivity contribution in [2.45, 2.75) is 44.2 Å². The summed E-state index contributed by atoms with van der Waals surface area (Å²) in [6.07, 6.45) is 7.43. The van der Waals surface area contributed by atoms with Gasteiger partial charge in [-0.2, -0.15) is 0 Å². The largest absolute Gasteiger partial charge is 0.390 e. The molecule has 0 aromatic carbocycles. The first kappa shape index (κ1) is 13.8. The molecule has 0 radical (unpaired) electrons. The Hall–Kier alpha value is -1.13. The molecule has 2 atom stereocenters. The van der Waals surface area contributed by atoms with E-state index in [1.807, 2.05) is 19.3 Å². The van der Waals surface area contributed by atoms with E-state index in [1.165, 1.54) is 19.3 Å². The fourth-order valence-corrected chi connectivity index (χ4v) is 3.73. The van der Waals surface area contributed by atoms with E-state index in [0.717, 1.165) is 43.9 Å². The van der Waals surface area contributed by atoms with Crippen molar-refractivity contribution in [3.63, 3.8) is 0 Å². The van der Waals surface area contributed by atoms with Gasteiger partial charge in [0, 0.05) is 44.5 Å². The summed E-state index contributed by atoms with van der Waals surface area (Å²) >= 11 is 0. The molecule has 2 unspecified atom stereocenters. The lowest BCUT2D eigenvalue weighted by Crippen LogP contribution is -2.53. The molecular formula is C16H25N3O. The van der Waals surface area contributed by atoms with Gasteiger partial charge < -0.3 is 10.4 Å². The van der Waals surface area contributed by atoms with Crippen LogP contribution in [-0.4, -0.2) is 40.7 Å². The zero-order chi connectivity index (χ0) is 14.0. The SMILES string of the molecule is CNc1ccnc(CN2CCC3(O)CCCCC3C2)c1. The topological polar surface area (TPSA) is 48.4 Å². The second-order valence-electron chi connectivity index (χ2n) is 6.32. The smallest absolute Gasteiger partial charge is 0.0700 e. The maximum Gasteiger partial charge on any atom is 0.0700 e. The van der Waals surface area contributed by atoms with Crippen molar-refractivity contribution >= 4 is 5.69 Å². The average molecular weight is 275 g/mol. The van der Waals surface area contributed by atoms with E-state index >= 15 is 0 Å². The van der Waals surface area contributed by atoms with Gasteiger partial charge in [-0.25, -0.2) is 0 Å². The van der Waals surface area contributed by atoms with Gasteiger partial charge in [0.15, 0.2) is 0 Å². The molecule has 2 fully saturated rings. The molecule has 1 saturated carbocycles. The molecule has 0 bridgehead atoms. The second kappa shape index (κ2) is 5.70. The molecule has 4 heteroatoms. The number of nitrogens with one attached hydrogen (secondary N) is 1. The monoisotopic (exact) mass is 275 g/mol. The Morgan fingerprint density at radius 2 is 2.35 bits per heavy atom. The fraction of sp³-hybridized carbons (Fsp3) is 0.688. The molecule has 3 rings (SSSR count). The van der Waals surface area contributed by atoms with E-state index in [1.54, 1.807) is 0 Å². The Morgan fingerprint density at radius 1 is 1.45 bits per heavy atom. The zero-order valence-corrected chi connectivity index (χ0v) is 12.3. The molecule has 1 aromatic heterocycles. The summed E-state index contributed by atoms with van der Waals surface area (Å²) in [6, 6.07) is 4.10. The quantitative estimate of drug-likeness (QED) is 0.888. The second-order valence-corrected chi connectivity index (χ2v) is 6.32. The van der Waals surface area contributed by atoms with Crippen LogP contribution in [0.4, 0.5) is 5.69 Å². The molecule has 1 saturated heterocycles. The van der Waals surface area contributed by atoms with E-state index < -0.39 is 0 Å². The van der Waals surface area contributed by atoms with Crippen molar-refractivity contribution < 1.29 is 5.11 Å². The summed E-state index contributed by atoms with van der Waals surface area (Å²) in [4.78, 5) is 6.91. The van der Waals surface area contributed by atoms with Crippen LogP contribution in [0.25, 0.3) is 0 Å². The number of fused-ring (bicyclic) bond motifs is 1. The van der Waals surface area contributed by atoms with Crippen molar-refractivity contribution in [3.8, 4) is 0 Å². The van der Waals surface area contributed by atoms with Crippen LogP contribution < -0.4 is 5.32 Å². The maximum absolute atomic E-state index is 10.7. The van der Waals surface area contributed by atoms with Gasteiger partial charge >= 0.3 is 0 Å². The number of hydrogen-bond acceptors (Lipinski definition) is 4. The summed E-state index contributed by atoms with van der Waals surface area (Å²) in [5, 5.41) is 13.9. The Kier molecular flexibility index (Phi) is 3.94. The minimum atomic E-state index is -0.380. The van der Waals surface area contributed by atoms with Crippen LogP contribution in [0.5, 0.6) is 0 Å². The third-order valence-corrected chi connectivity index (χ3v) is 5.00. The van der Waals surface area contributed by atoms with Gasteiger partial charge in [-0.05, 0) is 31.4 Å². The van der Waals surface area contributed by atoms with E-state index in [-0.39, 0.29) is 5.60 Å². The Morgan fingerprint density at radius 3 is 3.20 bits per heavy atom. The van der Waals surface area contributed by atoms with Crippen molar-refractivity contribution in [2.24, 2.45) is 5.92 Å². The number of piperidine rings is 1. The lowest BCUT2D eigenvalue weighted by atomic mass is 9.71. The van der Waals surface area contributed by atoms with Crippen LogP contribution in [0.2, 0.25) is 0 Å². The Bertz CT molecular complexity index is 465. The molecule has 1 aromatic rings. The lowest BCUT2D eigenvalue weighted by molar-refractivity contribution is -0.0969. The first-order valence-electron chi connectivity index (χ1n) is 7.77. The first-order chi connectivity index (χ1) is 9.69. The molecule has 2 heterocycles. The highest BCUT2D eigenvalue weighted by Crippen LogP contribution is 2.39. The molecule has 0 amide bonds. The number of hydrogen-bond donors (Lipinski definition) is 2. The van der Waals surface area contributed by atoms with Crippen LogP contribution in [0.1, 0.15) is 37.8 Å². The molecule has 4 nitrogen and oxygen atoms in total. The van der Waals surface area contributed by atoms with Crippen LogP contribution in [0, 0.1) is 5.92 Å². The van der Waals surface area contributed by atoms with Crippen LogP contribution in [0.15, 0.2) is 18.3 Å². The van der Waals surface area contributed by atoms with E-state index in [4.69, 9.17) is 0 Å². The van der Waals surface area contributed by atoms with Gasteiger partial charge in [0.2, 0.25) is 0 Å². The number of pyridine rings is 1. The molecular weight excluding hydrogens is 250 g/mol. The molecule has 1 aliphatic heterocycles. The zero-order valence-electron chi connectivity index (χ0n) is 12.3. The van der Waals surface area contributed by atoms with E-state index in [0.29, 0.717) is 5.92 Å². The lowest BCUT2D eigenvalue weighted by Gasteiger charge is -2.47. The van der Waals surface area contributed by atoms with Crippen molar-refractivity contribution in [3.05, 3.63) is 24.0 Å². The first-order valence-corrected chi connectivity index (χ1v) is 7.77. The van der Waals surface area contributed by atoms with Gasteiger partial charge in [-0.15, -0.1) is 0 Å². The molecule has 2 N–H and O–H groups in total. The summed E-state index contributed by atoms with van der Waals surface area (Å²) in [5.41, 5.74) is 1.84. The molecule has 0 spiro atoms. The number of anilines is 1. The average Bonchev–Trinajstić information content (AvgIpc) is 2.48. The van der Waals surface area contributed by atoms with E-state index in [2.05, 4.69) is 21.3 Å². The predicted octanol–water partition coefficient (Wildman–Crippen LogP) is 2.25. The van der Waals surface area contributed by atoms with Gasteiger partial charge in [0.1, 0.15) is 0 Å². The maximum atomic E-state index is 10.7. The number of rotatable bonds is 3. The van der Waals surface area contributed by atoms with Crippen LogP contribution in [0.3, 0.4) is 0 Å². The van der Waals surface area contributed by atoms with Crippen molar-refractivity contribution in [1.82, 2.24) is 9.88 Å². The molecule has 20 heavy (non-hydrogen) atoms. The predicted molar refractivity (Wildman–Crippen MR) is 80.6 cm³/mol. The van der Waals surface area contributed by atoms with Gasteiger partial charge in [0.05, 0.1) is 11.3 Å². The van der Waals surface area contributed by atoms with Crippen molar-refractivity contribution in [1.29, 1.82) is 0 Å². The van der Waals surface area contributed by atoms with Crippen LogP contribution in [-0.2, 0) is 6.54 Å². The van der Waals surface area contributed by atoms with E-state index in [9.17, 15) is 5.11 Å². The molecule has 1 aliphatic carbocycles. The highest BCUT2D eigenvalue weighted by molar-refractivity contribution is 5.42. The highest BCUT2D eigenvalue weighted by atomic mass is 16.3. The van der Waals surface area contributed by atoms with Crippen molar-refractivity contribution in [2.75, 3.05) is 25.5 Å². The Labute approximate surface area is 121 Å². The number of likely N-dealkylation sites (tertiary alicyclic amines) is 1. The summed E-state index contributed by atoms with van der Waals surface area (Å²) < 4.78 is 0. The third kappa shape index (κ3) is 2.81. The van der Waals surface area contributed by atoms with Gasteiger partial charge in [0.25, 0.3) is 0 Å². The molecule has 2 aliphatic rings. The molecule has 110 valence electrons. The minimum absolute atomic E-state index is 0.380. The number of aromatic nitrogens is 1. The summed E-state index contributed by atoms with van der Waals surface area (Å²) in [6.45, 7) is 2.89. The standard InChI is InChI=1S/C16H25N3O/c1-17-14-5-8-18-15(10-14)12-19-9-7-16(20)6-3-2-4-13(16)11-19/h5,8,10,13,20H,2-4,6-7,9,11-12H2,1H3,(H,17,18). The summed E-state index contributed by atoms with van der Waals surface area (Å²) in [7, 11) is 1.93. The van der Waals surface area contributed by atoms with Gasteiger partial charge in [-0.3, -0.25) is 9.88 Å². The van der Waals surface area contributed by atoms with Gasteiger partial charge in [-0.1, -0.05) is 12.8 Å². The number of nitrogens with zero attached hydrogens (tertiary/aromatic N) is 2. The summed E-state index contributed by atoms with van der Waals surface area (Å²) in [5.74, 6) is 0.456. The number of aliphatic hydroxyl groups is 1. The minimum Gasteiger partial charge on any atom is -0.390 e. The van der Waals surface area contributed by atoms with Crippen LogP contribution >= 0.6 is 0 Å². The highest BCUT2D eigenvalue weighted by Gasteiger charge is 2.42. The third-order valence-electron chi connectivity index (χ3n) is 5.00. The Balaban J connectivity index is 1.64.